The SMILES string of the molecule is CCCc1nc(C)c(Cc2nc(Cc3cccc(C(F)(F)F)c3)no2)c(=O)n1Cc1ccc(-c2ccccc2-c2noc(=O)[nH]2)cc1. The molecule has 0 aliphatic rings. The maximum Gasteiger partial charge on any atom is 0.439 e. The van der Waals surface area contributed by atoms with Crippen molar-refractivity contribution in [2.24, 2.45) is 0 Å². The second-order valence-corrected chi connectivity index (χ2v) is 11.1. The fourth-order valence-corrected chi connectivity index (χ4v) is 5.42. The summed E-state index contributed by atoms with van der Waals surface area (Å²) >= 11 is 0. The van der Waals surface area contributed by atoms with E-state index in [9.17, 15) is 22.8 Å². The van der Waals surface area contributed by atoms with Crippen LogP contribution in [0.3, 0.4) is 0 Å². The van der Waals surface area contributed by atoms with E-state index in [-0.39, 0.29) is 36.7 Å². The van der Waals surface area contributed by atoms with E-state index in [0.29, 0.717) is 40.5 Å². The number of rotatable bonds is 10. The molecule has 3 aromatic carbocycles. The molecule has 0 aliphatic heterocycles. The summed E-state index contributed by atoms with van der Waals surface area (Å²) in [6.07, 6.45) is -3.00. The zero-order valence-corrected chi connectivity index (χ0v) is 25.5. The van der Waals surface area contributed by atoms with Crippen LogP contribution in [0.4, 0.5) is 13.2 Å². The quantitative estimate of drug-likeness (QED) is 0.188. The molecule has 6 rings (SSSR count). The molecule has 240 valence electrons. The number of aromatic nitrogens is 6. The summed E-state index contributed by atoms with van der Waals surface area (Å²) in [4.78, 5) is 37.1. The van der Waals surface area contributed by atoms with Crippen molar-refractivity contribution in [2.45, 2.75) is 52.3 Å². The first-order valence-electron chi connectivity index (χ1n) is 14.9. The van der Waals surface area contributed by atoms with Crippen molar-refractivity contribution >= 4 is 0 Å². The number of alkyl halides is 3. The summed E-state index contributed by atoms with van der Waals surface area (Å²) in [7, 11) is 0. The van der Waals surface area contributed by atoms with E-state index >= 15 is 0 Å². The summed E-state index contributed by atoms with van der Waals surface area (Å²) in [6.45, 7) is 4.05. The minimum atomic E-state index is -4.46. The zero-order chi connectivity index (χ0) is 33.1. The van der Waals surface area contributed by atoms with Gasteiger partial charge in [-0.1, -0.05) is 84.0 Å². The van der Waals surface area contributed by atoms with Crippen LogP contribution >= 0.6 is 0 Å². The van der Waals surface area contributed by atoms with Crippen LogP contribution in [-0.2, 0) is 32.0 Å². The Labute approximate surface area is 265 Å². The molecule has 0 unspecified atom stereocenters. The normalized spacial score (nSPS) is 11.7. The lowest BCUT2D eigenvalue weighted by atomic mass is 9.98. The third-order valence-corrected chi connectivity index (χ3v) is 7.70. The Hall–Kier alpha value is -5.59. The van der Waals surface area contributed by atoms with Crippen molar-refractivity contribution in [3.63, 3.8) is 0 Å². The van der Waals surface area contributed by atoms with E-state index in [2.05, 4.69) is 24.8 Å². The molecule has 0 aliphatic carbocycles. The maximum atomic E-state index is 13.9. The van der Waals surface area contributed by atoms with E-state index in [1.54, 1.807) is 17.6 Å². The highest BCUT2D eigenvalue weighted by Crippen LogP contribution is 2.31. The molecular formula is C34H29F3N6O4. The molecule has 3 heterocycles. The van der Waals surface area contributed by atoms with E-state index in [0.717, 1.165) is 35.2 Å². The summed E-state index contributed by atoms with van der Waals surface area (Å²) in [6, 6.07) is 20.2. The Morgan fingerprint density at radius 3 is 2.32 bits per heavy atom. The second-order valence-electron chi connectivity index (χ2n) is 11.1. The molecule has 0 amide bonds. The molecule has 1 N–H and O–H groups in total. The van der Waals surface area contributed by atoms with Crippen LogP contribution in [0, 0.1) is 6.92 Å². The van der Waals surface area contributed by atoms with Gasteiger partial charge in [-0.2, -0.15) is 18.2 Å². The zero-order valence-electron chi connectivity index (χ0n) is 25.5. The van der Waals surface area contributed by atoms with Gasteiger partial charge in [0.1, 0.15) is 5.82 Å². The van der Waals surface area contributed by atoms with Gasteiger partial charge in [-0.15, -0.1) is 0 Å². The van der Waals surface area contributed by atoms with Crippen molar-refractivity contribution < 1.29 is 22.2 Å². The number of H-pyrrole nitrogens is 1. The van der Waals surface area contributed by atoms with E-state index < -0.39 is 17.5 Å². The summed E-state index contributed by atoms with van der Waals surface area (Å²) in [5.41, 5.74) is 3.65. The van der Waals surface area contributed by atoms with Gasteiger partial charge < -0.3 is 4.52 Å². The minimum absolute atomic E-state index is 0.0273. The van der Waals surface area contributed by atoms with Gasteiger partial charge in [-0.25, -0.2) is 9.78 Å². The molecule has 0 fully saturated rings. The number of hydrogen-bond donors (Lipinski definition) is 1. The van der Waals surface area contributed by atoms with Crippen LogP contribution in [0.15, 0.2) is 91.4 Å². The number of benzene rings is 3. The summed E-state index contributed by atoms with van der Waals surface area (Å²) < 4.78 is 51.1. The molecular weight excluding hydrogens is 613 g/mol. The molecule has 3 aromatic heterocycles. The lowest BCUT2D eigenvalue weighted by molar-refractivity contribution is -0.137. The number of nitrogens with zero attached hydrogens (tertiary/aromatic N) is 5. The minimum Gasteiger partial charge on any atom is -0.339 e. The highest BCUT2D eigenvalue weighted by Gasteiger charge is 2.30. The first-order chi connectivity index (χ1) is 22.6. The average molecular weight is 643 g/mol. The molecule has 0 radical (unpaired) electrons. The molecule has 10 nitrogen and oxygen atoms in total. The number of aryl methyl sites for hydroxylation is 2. The third-order valence-electron chi connectivity index (χ3n) is 7.70. The van der Waals surface area contributed by atoms with Gasteiger partial charge in [0.05, 0.1) is 18.5 Å². The van der Waals surface area contributed by atoms with Gasteiger partial charge in [0, 0.05) is 29.7 Å². The van der Waals surface area contributed by atoms with Crippen LogP contribution in [-0.4, -0.2) is 29.8 Å². The number of halogens is 3. The number of hydrogen-bond acceptors (Lipinski definition) is 8. The molecule has 0 bridgehead atoms. The monoisotopic (exact) mass is 642 g/mol. The van der Waals surface area contributed by atoms with E-state index in [4.69, 9.17) is 9.51 Å². The molecule has 47 heavy (non-hydrogen) atoms. The molecule has 0 saturated heterocycles. The Morgan fingerprint density at radius 2 is 1.62 bits per heavy atom. The summed E-state index contributed by atoms with van der Waals surface area (Å²) in [5.74, 6) is 0.718. The molecule has 0 atom stereocenters. The lowest BCUT2D eigenvalue weighted by Gasteiger charge is -2.16. The van der Waals surface area contributed by atoms with E-state index in [1.165, 1.54) is 6.07 Å². The van der Waals surface area contributed by atoms with Gasteiger partial charge in [-0.05, 0) is 41.7 Å². The highest BCUT2D eigenvalue weighted by molar-refractivity contribution is 5.80. The molecule has 6 aromatic rings. The highest BCUT2D eigenvalue weighted by atomic mass is 19.4. The topological polar surface area (TPSA) is 133 Å². The predicted octanol–water partition coefficient (Wildman–Crippen LogP) is 6.15. The maximum absolute atomic E-state index is 13.9. The van der Waals surface area contributed by atoms with Gasteiger partial charge >= 0.3 is 11.9 Å². The standard InChI is InChI=1S/C34H29F3N6O4/c1-3-7-29-38-20(2)27(18-30-39-28(41-46-30)17-22-8-6-9-24(16-22)34(35,36)37)32(44)43(29)19-21-12-14-23(15-13-21)25-10-4-5-11-26(25)31-40-33(45)47-42-31/h4-6,8-16H,3,7,17-19H2,1-2H3,(H,40,42,45). The second kappa shape index (κ2) is 13.0. The van der Waals surface area contributed by atoms with Gasteiger partial charge in [-0.3, -0.25) is 18.9 Å². The van der Waals surface area contributed by atoms with Crippen molar-refractivity contribution in [1.82, 2.24) is 29.8 Å². The predicted molar refractivity (Wildman–Crippen MR) is 166 cm³/mol. The van der Waals surface area contributed by atoms with Crippen molar-refractivity contribution in [1.29, 1.82) is 0 Å². The van der Waals surface area contributed by atoms with Crippen LogP contribution in [0.2, 0.25) is 0 Å². The van der Waals surface area contributed by atoms with Crippen LogP contribution in [0.1, 0.15) is 58.8 Å². The third kappa shape index (κ3) is 6.98. The molecule has 13 heteroatoms. The fourth-order valence-electron chi connectivity index (χ4n) is 5.42. The Balaban J connectivity index is 1.24. The van der Waals surface area contributed by atoms with Crippen molar-refractivity contribution in [2.75, 3.05) is 0 Å². The van der Waals surface area contributed by atoms with Crippen LogP contribution in [0.25, 0.3) is 22.5 Å². The molecule has 0 saturated carbocycles. The Kier molecular flexibility index (Phi) is 8.70. The fraction of sp³-hybridized carbons (Fsp3) is 0.235. The Morgan fingerprint density at radius 1 is 0.851 bits per heavy atom. The van der Waals surface area contributed by atoms with Gasteiger partial charge in [0.15, 0.2) is 11.6 Å². The number of aromatic amines is 1. The molecule has 0 spiro atoms. The largest absolute Gasteiger partial charge is 0.439 e. The first-order valence-corrected chi connectivity index (χ1v) is 14.9. The van der Waals surface area contributed by atoms with Gasteiger partial charge in [0.2, 0.25) is 5.89 Å². The smallest absolute Gasteiger partial charge is 0.339 e. The van der Waals surface area contributed by atoms with Crippen molar-refractivity contribution in [3.05, 3.63) is 139 Å². The lowest BCUT2D eigenvalue weighted by Crippen LogP contribution is -2.30. The number of nitrogens with one attached hydrogen (secondary N) is 1. The van der Waals surface area contributed by atoms with Gasteiger partial charge in [0.25, 0.3) is 5.56 Å². The van der Waals surface area contributed by atoms with Crippen molar-refractivity contribution in [3.8, 4) is 22.5 Å². The summed E-state index contributed by atoms with van der Waals surface area (Å²) in [5, 5.41) is 7.75. The van der Waals surface area contributed by atoms with Crippen LogP contribution in [0.5, 0.6) is 0 Å². The van der Waals surface area contributed by atoms with Crippen LogP contribution < -0.4 is 11.3 Å². The van der Waals surface area contributed by atoms with E-state index in [1.807, 2.05) is 55.5 Å². The first kappa shape index (κ1) is 31.4. The average Bonchev–Trinajstić information content (AvgIpc) is 3.69. The Bertz CT molecular complexity index is 2140.